The van der Waals surface area contributed by atoms with Gasteiger partial charge in [-0.15, -0.1) is 0 Å². The Morgan fingerprint density at radius 2 is 1.57 bits per heavy atom. The molecule has 0 spiro atoms. The molecule has 150 valence electrons. The van der Waals surface area contributed by atoms with Crippen LogP contribution in [0.5, 0.6) is 0 Å². The zero-order valence-electron chi connectivity index (χ0n) is 16.5. The third-order valence-electron chi connectivity index (χ3n) is 5.27. The summed E-state index contributed by atoms with van der Waals surface area (Å²) >= 11 is 0. The fourth-order valence-electron chi connectivity index (χ4n) is 3.49. The molecular formula is C22H28N2O3S. The molecule has 0 radical (unpaired) electrons. The van der Waals surface area contributed by atoms with Gasteiger partial charge in [-0.2, -0.15) is 0 Å². The SMILES string of the molecule is Cc1ccc(S(=O)(=O)Nc2cc(C(=O)NC3CCCCCC3)ccc2C)cc1. The minimum Gasteiger partial charge on any atom is -0.349 e. The molecule has 1 fully saturated rings. The Bertz CT molecular complexity index is 929. The summed E-state index contributed by atoms with van der Waals surface area (Å²) in [5, 5.41) is 3.11. The molecule has 0 atom stereocenters. The van der Waals surface area contributed by atoms with Crippen LogP contribution in [0.25, 0.3) is 0 Å². The highest BCUT2D eigenvalue weighted by Gasteiger charge is 2.19. The van der Waals surface area contributed by atoms with Crippen LogP contribution in [0.4, 0.5) is 5.69 Å². The molecule has 0 aromatic heterocycles. The third kappa shape index (κ3) is 5.13. The molecular weight excluding hydrogens is 372 g/mol. The molecule has 0 saturated heterocycles. The lowest BCUT2D eigenvalue weighted by Gasteiger charge is -2.17. The molecule has 5 nitrogen and oxygen atoms in total. The number of sulfonamides is 1. The number of rotatable bonds is 5. The third-order valence-corrected chi connectivity index (χ3v) is 6.65. The Labute approximate surface area is 167 Å². The molecule has 2 aromatic carbocycles. The van der Waals surface area contributed by atoms with Gasteiger partial charge in [0.2, 0.25) is 0 Å². The molecule has 0 bridgehead atoms. The van der Waals surface area contributed by atoms with Crippen LogP contribution in [0, 0.1) is 13.8 Å². The average molecular weight is 401 g/mol. The first-order valence-corrected chi connectivity index (χ1v) is 11.3. The maximum atomic E-state index is 12.7. The largest absolute Gasteiger partial charge is 0.349 e. The normalized spacial score (nSPS) is 15.6. The molecule has 1 aliphatic carbocycles. The van der Waals surface area contributed by atoms with Crippen molar-refractivity contribution in [2.75, 3.05) is 4.72 Å². The maximum absolute atomic E-state index is 12.7. The van der Waals surface area contributed by atoms with Crippen molar-refractivity contribution in [3.63, 3.8) is 0 Å². The Hall–Kier alpha value is -2.34. The fourth-order valence-corrected chi connectivity index (χ4v) is 4.61. The van der Waals surface area contributed by atoms with Gasteiger partial charge in [0.15, 0.2) is 0 Å². The molecule has 3 rings (SSSR count). The van der Waals surface area contributed by atoms with Crippen molar-refractivity contribution in [3.05, 3.63) is 59.2 Å². The highest BCUT2D eigenvalue weighted by atomic mass is 32.2. The van der Waals surface area contributed by atoms with E-state index >= 15 is 0 Å². The molecule has 1 aliphatic rings. The van der Waals surface area contributed by atoms with E-state index in [9.17, 15) is 13.2 Å². The summed E-state index contributed by atoms with van der Waals surface area (Å²) in [7, 11) is -3.71. The van der Waals surface area contributed by atoms with Crippen LogP contribution < -0.4 is 10.0 Å². The predicted octanol–water partition coefficient (Wildman–Crippen LogP) is 4.56. The van der Waals surface area contributed by atoms with Crippen molar-refractivity contribution in [3.8, 4) is 0 Å². The monoisotopic (exact) mass is 400 g/mol. The van der Waals surface area contributed by atoms with Crippen molar-refractivity contribution < 1.29 is 13.2 Å². The average Bonchev–Trinajstić information content (AvgIpc) is 2.92. The smallest absolute Gasteiger partial charge is 0.261 e. The van der Waals surface area contributed by atoms with Crippen LogP contribution in [0.3, 0.4) is 0 Å². The van der Waals surface area contributed by atoms with Crippen LogP contribution in [0.1, 0.15) is 60.0 Å². The van der Waals surface area contributed by atoms with Gasteiger partial charge in [0, 0.05) is 11.6 Å². The number of amides is 1. The highest BCUT2D eigenvalue weighted by Crippen LogP contribution is 2.23. The van der Waals surface area contributed by atoms with Gasteiger partial charge in [-0.1, -0.05) is 49.4 Å². The number of hydrogen-bond acceptors (Lipinski definition) is 3. The van der Waals surface area contributed by atoms with E-state index in [2.05, 4.69) is 10.0 Å². The fraction of sp³-hybridized carbons (Fsp3) is 0.409. The summed E-state index contributed by atoms with van der Waals surface area (Å²) in [5.74, 6) is -0.150. The van der Waals surface area contributed by atoms with Gasteiger partial charge in [0.25, 0.3) is 15.9 Å². The van der Waals surface area contributed by atoms with E-state index < -0.39 is 10.0 Å². The van der Waals surface area contributed by atoms with Gasteiger partial charge < -0.3 is 5.32 Å². The first-order valence-electron chi connectivity index (χ1n) is 9.86. The molecule has 28 heavy (non-hydrogen) atoms. The van der Waals surface area contributed by atoms with Gasteiger partial charge in [0.1, 0.15) is 0 Å². The standard InChI is InChI=1S/C22H28N2O3S/c1-16-9-13-20(14-10-16)28(26,27)24-21-15-18(12-11-17(21)2)22(25)23-19-7-5-3-4-6-8-19/h9-15,19,24H,3-8H2,1-2H3,(H,23,25). The summed E-state index contributed by atoms with van der Waals surface area (Å²) in [4.78, 5) is 12.9. The summed E-state index contributed by atoms with van der Waals surface area (Å²) < 4.78 is 28.0. The minimum absolute atomic E-state index is 0.150. The van der Waals surface area contributed by atoms with E-state index in [1.807, 2.05) is 13.8 Å². The predicted molar refractivity (Wildman–Crippen MR) is 112 cm³/mol. The second-order valence-electron chi connectivity index (χ2n) is 7.61. The van der Waals surface area contributed by atoms with E-state index in [-0.39, 0.29) is 16.8 Å². The zero-order chi connectivity index (χ0) is 20.1. The number of nitrogens with one attached hydrogen (secondary N) is 2. The molecule has 0 unspecified atom stereocenters. The number of hydrogen-bond donors (Lipinski definition) is 2. The van der Waals surface area contributed by atoms with Gasteiger partial charge in [-0.25, -0.2) is 8.42 Å². The van der Waals surface area contributed by atoms with E-state index in [1.165, 1.54) is 12.8 Å². The Morgan fingerprint density at radius 3 is 2.21 bits per heavy atom. The highest BCUT2D eigenvalue weighted by molar-refractivity contribution is 7.92. The second-order valence-corrected chi connectivity index (χ2v) is 9.29. The lowest BCUT2D eigenvalue weighted by molar-refractivity contribution is 0.0933. The molecule has 1 amide bonds. The van der Waals surface area contributed by atoms with E-state index in [0.29, 0.717) is 11.3 Å². The van der Waals surface area contributed by atoms with Crippen LogP contribution in [-0.2, 0) is 10.0 Å². The van der Waals surface area contributed by atoms with Crippen molar-refractivity contribution in [2.45, 2.75) is 63.3 Å². The lowest BCUT2D eigenvalue weighted by atomic mass is 10.1. The summed E-state index contributed by atoms with van der Waals surface area (Å²) in [6, 6.07) is 12.0. The van der Waals surface area contributed by atoms with Crippen molar-refractivity contribution in [1.82, 2.24) is 5.32 Å². The number of carbonyl (C=O) groups is 1. The zero-order valence-corrected chi connectivity index (χ0v) is 17.3. The quantitative estimate of drug-likeness (QED) is 0.723. The number of anilines is 1. The second kappa shape index (κ2) is 8.78. The van der Waals surface area contributed by atoms with Crippen LogP contribution >= 0.6 is 0 Å². The molecule has 0 aliphatic heterocycles. The van der Waals surface area contributed by atoms with Crippen molar-refractivity contribution in [2.24, 2.45) is 0 Å². The summed E-state index contributed by atoms with van der Waals surface area (Å²) in [5.41, 5.74) is 2.65. The molecule has 6 heteroatoms. The Kier molecular flexibility index (Phi) is 6.39. The molecule has 0 heterocycles. The van der Waals surface area contributed by atoms with E-state index in [1.54, 1.807) is 42.5 Å². The van der Waals surface area contributed by atoms with Crippen LogP contribution in [-0.4, -0.2) is 20.4 Å². The maximum Gasteiger partial charge on any atom is 0.261 e. The van der Waals surface area contributed by atoms with Gasteiger partial charge in [-0.05, 0) is 56.5 Å². The van der Waals surface area contributed by atoms with Gasteiger partial charge in [0.05, 0.1) is 10.6 Å². The van der Waals surface area contributed by atoms with Crippen molar-refractivity contribution >= 4 is 21.6 Å². The summed E-state index contributed by atoms with van der Waals surface area (Å²) in [6.45, 7) is 3.73. The molecule has 1 saturated carbocycles. The van der Waals surface area contributed by atoms with Gasteiger partial charge >= 0.3 is 0 Å². The Morgan fingerprint density at radius 1 is 0.929 bits per heavy atom. The number of aryl methyl sites for hydroxylation is 2. The summed E-state index contributed by atoms with van der Waals surface area (Å²) in [6.07, 6.45) is 6.74. The minimum atomic E-state index is -3.71. The van der Waals surface area contributed by atoms with Gasteiger partial charge in [-0.3, -0.25) is 9.52 Å². The first-order chi connectivity index (χ1) is 13.3. The van der Waals surface area contributed by atoms with E-state index in [0.717, 1.165) is 36.8 Å². The Balaban J connectivity index is 1.77. The number of benzene rings is 2. The number of carbonyl (C=O) groups excluding carboxylic acids is 1. The lowest BCUT2D eigenvalue weighted by Crippen LogP contribution is -2.34. The molecule has 2 N–H and O–H groups in total. The van der Waals surface area contributed by atoms with Crippen LogP contribution in [0.15, 0.2) is 47.4 Å². The van der Waals surface area contributed by atoms with Crippen molar-refractivity contribution in [1.29, 1.82) is 0 Å². The molecule has 2 aromatic rings. The topological polar surface area (TPSA) is 75.3 Å². The van der Waals surface area contributed by atoms with E-state index in [4.69, 9.17) is 0 Å². The first kappa shape index (κ1) is 20.4. The van der Waals surface area contributed by atoms with Crippen LogP contribution in [0.2, 0.25) is 0 Å².